The van der Waals surface area contributed by atoms with Gasteiger partial charge in [-0.25, -0.2) is 0 Å². The van der Waals surface area contributed by atoms with Crippen LogP contribution >= 0.6 is 11.6 Å². The van der Waals surface area contributed by atoms with Gasteiger partial charge >= 0.3 is 0 Å². The Morgan fingerprint density at radius 1 is 1.12 bits per heavy atom. The molecule has 3 heteroatoms. The topological polar surface area (TPSA) is 46.2 Å². The number of rotatable bonds is 2. The minimum Gasteiger partial charge on any atom is -0.508 e. The molecule has 16 heavy (non-hydrogen) atoms. The summed E-state index contributed by atoms with van der Waals surface area (Å²) in [5, 5.41) is 9.99. The van der Waals surface area contributed by atoms with E-state index in [0.29, 0.717) is 17.1 Å². The zero-order valence-corrected chi connectivity index (χ0v) is 9.41. The fourth-order valence-electron chi connectivity index (χ4n) is 1.61. The van der Waals surface area contributed by atoms with E-state index in [1.165, 1.54) is 0 Å². The summed E-state index contributed by atoms with van der Waals surface area (Å²) < 4.78 is 0. The standard InChI is InChI=1S/C13H12ClNO/c14-11-5-4-10(13(15)8-11)6-9-2-1-3-12(16)7-9/h1-5,7-8,16H,6,15H2. The number of hydrogen-bond acceptors (Lipinski definition) is 2. The normalized spacial score (nSPS) is 10.3. The van der Waals surface area contributed by atoms with E-state index >= 15 is 0 Å². The van der Waals surface area contributed by atoms with E-state index in [9.17, 15) is 5.11 Å². The molecule has 0 radical (unpaired) electrons. The van der Waals surface area contributed by atoms with Crippen molar-refractivity contribution >= 4 is 17.3 Å². The summed E-state index contributed by atoms with van der Waals surface area (Å²) in [5.74, 6) is 0.269. The summed E-state index contributed by atoms with van der Waals surface area (Å²) in [6.07, 6.45) is 0.692. The van der Waals surface area contributed by atoms with E-state index in [2.05, 4.69) is 0 Å². The van der Waals surface area contributed by atoms with Gasteiger partial charge in [-0.15, -0.1) is 0 Å². The third-order valence-electron chi connectivity index (χ3n) is 2.41. The lowest BCUT2D eigenvalue weighted by Gasteiger charge is -2.06. The molecule has 0 aliphatic heterocycles. The second kappa shape index (κ2) is 4.45. The van der Waals surface area contributed by atoms with Crippen molar-refractivity contribution < 1.29 is 5.11 Å². The predicted octanol–water partition coefficient (Wildman–Crippen LogP) is 3.22. The predicted molar refractivity (Wildman–Crippen MR) is 66.8 cm³/mol. The molecule has 0 unspecified atom stereocenters. The highest BCUT2D eigenvalue weighted by molar-refractivity contribution is 6.30. The molecule has 2 aromatic carbocycles. The van der Waals surface area contributed by atoms with Crippen LogP contribution < -0.4 is 5.73 Å². The van der Waals surface area contributed by atoms with Gasteiger partial charge < -0.3 is 10.8 Å². The SMILES string of the molecule is Nc1cc(Cl)ccc1Cc1cccc(O)c1. The van der Waals surface area contributed by atoms with Crippen molar-refractivity contribution in [3.05, 3.63) is 58.6 Å². The summed E-state index contributed by atoms with van der Waals surface area (Å²) >= 11 is 5.83. The van der Waals surface area contributed by atoms with Crippen LogP contribution in [0.15, 0.2) is 42.5 Å². The Balaban J connectivity index is 2.27. The summed E-state index contributed by atoms with van der Waals surface area (Å²) in [6.45, 7) is 0. The van der Waals surface area contributed by atoms with Gasteiger partial charge in [-0.3, -0.25) is 0 Å². The first-order valence-electron chi connectivity index (χ1n) is 4.97. The van der Waals surface area contributed by atoms with E-state index in [1.54, 1.807) is 18.2 Å². The number of halogens is 1. The van der Waals surface area contributed by atoms with E-state index in [4.69, 9.17) is 17.3 Å². The van der Waals surface area contributed by atoms with Crippen molar-refractivity contribution in [1.82, 2.24) is 0 Å². The van der Waals surface area contributed by atoms with Crippen molar-refractivity contribution in [3.8, 4) is 5.75 Å². The van der Waals surface area contributed by atoms with Crippen LogP contribution in [0.3, 0.4) is 0 Å². The number of phenols is 1. The Labute approximate surface area is 99.3 Å². The van der Waals surface area contributed by atoms with Gasteiger partial charge in [-0.1, -0.05) is 29.8 Å². The van der Waals surface area contributed by atoms with Crippen molar-refractivity contribution in [2.45, 2.75) is 6.42 Å². The van der Waals surface area contributed by atoms with E-state index in [0.717, 1.165) is 11.1 Å². The summed E-state index contributed by atoms with van der Waals surface area (Å²) in [5.41, 5.74) is 8.57. The van der Waals surface area contributed by atoms with Gasteiger partial charge in [0.1, 0.15) is 5.75 Å². The van der Waals surface area contributed by atoms with Crippen LogP contribution in [0, 0.1) is 0 Å². The zero-order chi connectivity index (χ0) is 11.5. The smallest absolute Gasteiger partial charge is 0.115 e. The quantitative estimate of drug-likeness (QED) is 0.783. The number of benzene rings is 2. The maximum atomic E-state index is 9.35. The first-order chi connectivity index (χ1) is 7.65. The Bertz CT molecular complexity index is 511. The molecule has 0 spiro atoms. The Morgan fingerprint density at radius 2 is 1.94 bits per heavy atom. The molecule has 0 saturated heterocycles. The fraction of sp³-hybridized carbons (Fsp3) is 0.0769. The highest BCUT2D eigenvalue weighted by atomic mass is 35.5. The lowest BCUT2D eigenvalue weighted by molar-refractivity contribution is 0.474. The summed E-state index contributed by atoms with van der Waals surface area (Å²) in [6, 6.07) is 12.6. The lowest BCUT2D eigenvalue weighted by atomic mass is 10.0. The summed E-state index contributed by atoms with van der Waals surface area (Å²) in [4.78, 5) is 0. The molecular weight excluding hydrogens is 222 g/mol. The molecule has 0 saturated carbocycles. The van der Waals surface area contributed by atoms with Gasteiger partial charge in [-0.05, 0) is 41.8 Å². The first kappa shape index (κ1) is 10.8. The number of aromatic hydroxyl groups is 1. The average molecular weight is 234 g/mol. The summed E-state index contributed by atoms with van der Waals surface area (Å²) in [7, 11) is 0. The second-order valence-electron chi connectivity index (χ2n) is 3.69. The highest BCUT2D eigenvalue weighted by Crippen LogP contribution is 2.22. The second-order valence-corrected chi connectivity index (χ2v) is 4.13. The monoisotopic (exact) mass is 233 g/mol. The Morgan fingerprint density at radius 3 is 2.62 bits per heavy atom. The maximum absolute atomic E-state index is 9.35. The van der Waals surface area contributed by atoms with Crippen molar-refractivity contribution in [3.63, 3.8) is 0 Å². The molecule has 0 heterocycles. The van der Waals surface area contributed by atoms with Crippen LogP contribution in [0.25, 0.3) is 0 Å². The number of hydrogen-bond donors (Lipinski definition) is 2. The Hall–Kier alpha value is -1.67. The minimum atomic E-state index is 0.269. The van der Waals surface area contributed by atoms with Gasteiger partial charge in [0.2, 0.25) is 0 Å². The number of nitrogens with two attached hydrogens (primary N) is 1. The molecule has 0 amide bonds. The van der Waals surface area contributed by atoms with E-state index < -0.39 is 0 Å². The highest BCUT2D eigenvalue weighted by Gasteiger charge is 2.02. The minimum absolute atomic E-state index is 0.269. The fourth-order valence-corrected chi connectivity index (χ4v) is 1.79. The zero-order valence-electron chi connectivity index (χ0n) is 8.65. The van der Waals surface area contributed by atoms with Crippen LogP contribution in [0.5, 0.6) is 5.75 Å². The molecular formula is C13H12ClNO. The molecule has 2 rings (SSSR count). The average Bonchev–Trinajstić information content (AvgIpc) is 2.22. The number of anilines is 1. The van der Waals surface area contributed by atoms with Gasteiger partial charge in [-0.2, -0.15) is 0 Å². The molecule has 0 atom stereocenters. The third-order valence-corrected chi connectivity index (χ3v) is 2.65. The molecule has 2 nitrogen and oxygen atoms in total. The lowest BCUT2D eigenvalue weighted by Crippen LogP contribution is -1.95. The van der Waals surface area contributed by atoms with Gasteiger partial charge in [0.05, 0.1) is 0 Å². The number of phenolic OH excluding ortho intramolecular Hbond substituents is 1. The van der Waals surface area contributed by atoms with Gasteiger partial charge in [0, 0.05) is 10.7 Å². The molecule has 2 aromatic rings. The molecule has 0 aliphatic carbocycles. The van der Waals surface area contributed by atoms with Gasteiger partial charge in [0.15, 0.2) is 0 Å². The first-order valence-corrected chi connectivity index (χ1v) is 5.35. The van der Waals surface area contributed by atoms with E-state index in [-0.39, 0.29) is 5.75 Å². The van der Waals surface area contributed by atoms with Crippen LogP contribution in [0.1, 0.15) is 11.1 Å². The molecule has 3 N–H and O–H groups in total. The van der Waals surface area contributed by atoms with Crippen LogP contribution in [0.2, 0.25) is 5.02 Å². The number of nitrogen functional groups attached to an aromatic ring is 1. The third kappa shape index (κ3) is 2.47. The maximum Gasteiger partial charge on any atom is 0.115 e. The van der Waals surface area contributed by atoms with Crippen molar-refractivity contribution in [2.75, 3.05) is 5.73 Å². The van der Waals surface area contributed by atoms with Gasteiger partial charge in [0.25, 0.3) is 0 Å². The van der Waals surface area contributed by atoms with E-state index in [1.807, 2.05) is 24.3 Å². The van der Waals surface area contributed by atoms with Crippen molar-refractivity contribution in [2.24, 2.45) is 0 Å². The van der Waals surface area contributed by atoms with Crippen molar-refractivity contribution in [1.29, 1.82) is 0 Å². The van der Waals surface area contributed by atoms with Crippen LogP contribution in [-0.2, 0) is 6.42 Å². The van der Waals surface area contributed by atoms with Crippen LogP contribution in [-0.4, -0.2) is 5.11 Å². The largest absolute Gasteiger partial charge is 0.508 e. The molecule has 0 aromatic heterocycles. The molecule has 0 fully saturated rings. The molecule has 0 bridgehead atoms. The Kier molecular flexibility index (Phi) is 3.02. The molecule has 0 aliphatic rings. The van der Waals surface area contributed by atoms with Crippen LogP contribution in [0.4, 0.5) is 5.69 Å². The molecule has 82 valence electrons.